The molecule has 0 spiro atoms. The second kappa shape index (κ2) is 4.81. The number of hydrogen-bond donors (Lipinski definition) is 0. The summed E-state index contributed by atoms with van der Waals surface area (Å²) >= 11 is 5.90. The predicted octanol–water partition coefficient (Wildman–Crippen LogP) is 5.38. The van der Waals surface area contributed by atoms with E-state index in [1.165, 1.54) is 0 Å². The molecule has 0 aliphatic rings. The molecule has 0 radical (unpaired) electrons. The molecule has 2 aromatic rings. The van der Waals surface area contributed by atoms with Crippen LogP contribution < -0.4 is 0 Å². The van der Waals surface area contributed by atoms with Crippen molar-refractivity contribution in [2.24, 2.45) is 0 Å². The normalized spacial score (nSPS) is 13.8. The minimum atomic E-state index is -4.25. The summed E-state index contributed by atoms with van der Waals surface area (Å²) in [6.45, 7) is 1.93. The van der Waals surface area contributed by atoms with Gasteiger partial charge in [0.1, 0.15) is 0 Å². The molecule has 0 fully saturated rings. The molecule has 1 unspecified atom stereocenters. The molecule has 0 bridgehead atoms. The third-order valence-electron chi connectivity index (χ3n) is 2.92. The minimum absolute atomic E-state index is 0.537. The van der Waals surface area contributed by atoms with Gasteiger partial charge < -0.3 is 0 Å². The fraction of sp³-hybridized carbons (Fsp3) is 0.286. The number of rotatable bonds is 2. The highest BCUT2D eigenvalue weighted by Crippen LogP contribution is 2.37. The lowest BCUT2D eigenvalue weighted by Gasteiger charge is -2.15. The zero-order valence-corrected chi connectivity index (χ0v) is 10.5. The molecule has 0 aromatic heterocycles. The maximum atomic E-state index is 12.4. The Kier molecular flexibility index (Phi) is 3.53. The van der Waals surface area contributed by atoms with Crippen LogP contribution in [0.1, 0.15) is 22.9 Å². The summed E-state index contributed by atoms with van der Waals surface area (Å²) in [5, 5.41) is 0.695. The molecular weight excluding hydrogens is 261 g/mol. The van der Waals surface area contributed by atoms with E-state index < -0.39 is 18.0 Å². The Bertz CT molecular complexity index is 560. The Labute approximate surface area is 108 Å². The van der Waals surface area contributed by atoms with Gasteiger partial charge in [-0.25, -0.2) is 0 Å². The van der Waals surface area contributed by atoms with E-state index in [1.807, 2.05) is 37.3 Å². The summed E-state index contributed by atoms with van der Waals surface area (Å²) in [5.74, 6) is 0. The maximum absolute atomic E-state index is 12.4. The zero-order chi connectivity index (χ0) is 13.3. The summed E-state index contributed by atoms with van der Waals surface area (Å²) in [5.41, 5.74) is 1.57. The first-order valence-corrected chi connectivity index (χ1v) is 6.01. The number of hydrogen-bond acceptors (Lipinski definition) is 0. The molecule has 0 saturated carbocycles. The van der Waals surface area contributed by atoms with Crippen LogP contribution >= 0.6 is 11.6 Å². The highest BCUT2D eigenvalue weighted by atomic mass is 35.5. The van der Waals surface area contributed by atoms with Crippen molar-refractivity contribution in [2.75, 3.05) is 0 Å². The maximum Gasteiger partial charge on any atom is 0.390 e. The number of aryl methyl sites for hydroxylation is 1. The molecule has 0 saturated heterocycles. The van der Waals surface area contributed by atoms with Crippen molar-refractivity contribution in [1.82, 2.24) is 0 Å². The fourth-order valence-corrected chi connectivity index (χ4v) is 2.42. The van der Waals surface area contributed by atoms with Crippen LogP contribution in [-0.4, -0.2) is 6.18 Å². The lowest BCUT2D eigenvalue weighted by Crippen LogP contribution is -2.11. The molecular formula is C14H12ClF3. The van der Waals surface area contributed by atoms with Crippen LogP contribution in [0.15, 0.2) is 36.4 Å². The number of benzene rings is 2. The Morgan fingerprint density at radius 2 is 1.67 bits per heavy atom. The number of alkyl halides is 4. The van der Waals surface area contributed by atoms with E-state index in [-0.39, 0.29) is 0 Å². The first-order chi connectivity index (χ1) is 8.38. The minimum Gasteiger partial charge on any atom is -0.171 e. The lowest BCUT2D eigenvalue weighted by molar-refractivity contribution is -0.134. The van der Waals surface area contributed by atoms with Crippen molar-refractivity contribution in [3.05, 3.63) is 47.5 Å². The van der Waals surface area contributed by atoms with Gasteiger partial charge in [-0.1, -0.05) is 36.4 Å². The standard InChI is InChI=1S/C14H12ClF3/c1-9-6-7-12(13(15)8-14(16,17)18)11-5-3-2-4-10(9)11/h2-7,13H,8H2,1H3. The molecule has 0 aliphatic carbocycles. The first kappa shape index (κ1) is 13.2. The topological polar surface area (TPSA) is 0 Å². The van der Waals surface area contributed by atoms with Crippen LogP contribution in [0.2, 0.25) is 0 Å². The van der Waals surface area contributed by atoms with Crippen molar-refractivity contribution >= 4 is 22.4 Å². The number of halogens is 4. The van der Waals surface area contributed by atoms with Crippen LogP contribution in [0.5, 0.6) is 0 Å². The van der Waals surface area contributed by atoms with Gasteiger partial charge in [-0.2, -0.15) is 13.2 Å². The van der Waals surface area contributed by atoms with Crippen LogP contribution in [0.4, 0.5) is 13.2 Å². The highest BCUT2D eigenvalue weighted by molar-refractivity contribution is 6.21. The molecule has 0 aliphatic heterocycles. The molecule has 2 aromatic carbocycles. The van der Waals surface area contributed by atoms with Crippen LogP contribution in [0, 0.1) is 6.92 Å². The van der Waals surface area contributed by atoms with E-state index >= 15 is 0 Å². The van der Waals surface area contributed by atoms with Gasteiger partial charge in [0, 0.05) is 0 Å². The zero-order valence-electron chi connectivity index (χ0n) is 9.76. The van der Waals surface area contributed by atoms with Crippen molar-refractivity contribution in [1.29, 1.82) is 0 Å². The quantitative estimate of drug-likeness (QED) is 0.644. The van der Waals surface area contributed by atoms with Crippen LogP contribution in [-0.2, 0) is 0 Å². The molecule has 4 heteroatoms. The summed E-state index contributed by atoms with van der Waals surface area (Å²) in [7, 11) is 0. The van der Waals surface area contributed by atoms with Gasteiger partial charge in [-0.15, -0.1) is 11.6 Å². The molecule has 0 amide bonds. The van der Waals surface area contributed by atoms with E-state index in [0.29, 0.717) is 5.56 Å². The fourth-order valence-electron chi connectivity index (χ4n) is 2.06. The van der Waals surface area contributed by atoms with Crippen molar-refractivity contribution in [3.8, 4) is 0 Å². The van der Waals surface area contributed by atoms with Crippen molar-refractivity contribution < 1.29 is 13.2 Å². The summed E-state index contributed by atoms with van der Waals surface area (Å²) < 4.78 is 37.2. The van der Waals surface area contributed by atoms with Crippen molar-refractivity contribution in [2.45, 2.75) is 24.9 Å². The van der Waals surface area contributed by atoms with Crippen molar-refractivity contribution in [3.63, 3.8) is 0 Å². The molecule has 0 heterocycles. The van der Waals surface area contributed by atoms with Gasteiger partial charge in [0.25, 0.3) is 0 Å². The summed E-state index contributed by atoms with van der Waals surface area (Å²) in [4.78, 5) is 0. The van der Waals surface area contributed by atoms with Gasteiger partial charge in [0.05, 0.1) is 11.8 Å². The van der Waals surface area contributed by atoms with E-state index in [2.05, 4.69) is 0 Å². The Hall–Kier alpha value is -1.22. The Balaban J connectivity index is 2.49. The highest BCUT2D eigenvalue weighted by Gasteiger charge is 2.32. The molecule has 0 nitrogen and oxygen atoms in total. The third kappa shape index (κ3) is 2.78. The van der Waals surface area contributed by atoms with Gasteiger partial charge in [-0.3, -0.25) is 0 Å². The molecule has 96 valence electrons. The van der Waals surface area contributed by atoms with E-state index in [4.69, 9.17) is 11.6 Å². The average molecular weight is 273 g/mol. The van der Waals surface area contributed by atoms with E-state index in [1.54, 1.807) is 6.07 Å². The van der Waals surface area contributed by atoms with Gasteiger partial charge in [-0.05, 0) is 28.8 Å². The smallest absolute Gasteiger partial charge is 0.171 e. The second-order valence-electron chi connectivity index (χ2n) is 4.30. The Morgan fingerprint density at radius 1 is 1.06 bits per heavy atom. The van der Waals surface area contributed by atoms with Gasteiger partial charge >= 0.3 is 6.18 Å². The Morgan fingerprint density at radius 3 is 2.28 bits per heavy atom. The van der Waals surface area contributed by atoms with E-state index in [9.17, 15) is 13.2 Å². The molecule has 0 N–H and O–H groups in total. The molecule has 18 heavy (non-hydrogen) atoms. The van der Waals surface area contributed by atoms with Gasteiger partial charge in [0.15, 0.2) is 0 Å². The monoisotopic (exact) mass is 272 g/mol. The largest absolute Gasteiger partial charge is 0.390 e. The first-order valence-electron chi connectivity index (χ1n) is 5.57. The third-order valence-corrected chi connectivity index (χ3v) is 3.31. The lowest BCUT2D eigenvalue weighted by atomic mass is 9.97. The molecule has 2 rings (SSSR count). The van der Waals surface area contributed by atoms with Crippen LogP contribution in [0.3, 0.4) is 0 Å². The molecule has 1 atom stereocenters. The summed E-state index contributed by atoms with van der Waals surface area (Å²) in [6, 6.07) is 10.9. The number of fused-ring (bicyclic) bond motifs is 1. The van der Waals surface area contributed by atoms with Crippen LogP contribution in [0.25, 0.3) is 10.8 Å². The second-order valence-corrected chi connectivity index (χ2v) is 4.83. The average Bonchev–Trinajstić information content (AvgIpc) is 2.27. The van der Waals surface area contributed by atoms with Gasteiger partial charge in [0.2, 0.25) is 0 Å². The predicted molar refractivity (Wildman–Crippen MR) is 68.0 cm³/mol. The summed E-state index contributed by atoms with van der Waals surface area (Å²) in [6.07, 6.45) is -5.26. The van der Waals surface area contributed by atoms with E-state index in [0.717, 1.165) is 16.3 Å². The SMILES string of the molecule is Cc1ccc(C(Cl)CC(F)(F)F)c2ccccc12.